The number of ether oxygens (including phenoxy) is 2. The lowest BCUT2D eigenvalue weighted by Gasteiger charge is -2.08. The van der Waals surface area contributed by atoms with Crippen LogP contribution < -0.4 is 5.32 Å². The number of hydrogen-bond acceptors (Lipinski definition) is 4. The first kappa shape index (κ1) is 16.7. The van der Waals surface area contributed by atoms with Gasteiger partial charge in [0.2, 0.25) is 0 Å². The van der Waals surface area contributed by atoms with Crippen molar-refractivity contribution in [1.29, 1.82) is 0 Å². The predicted molar refractivity (Wildman–Crippen MR) is 79.8 cm³/mol. The van der Waals surface area contributed by atoms with Gasteiger partial charge in [0, 0.05) is 19.8 Å². The van der Waals surface area contributed by atoms with Crippen molar-refractivity contribution in [3.05, 3.63) is 35.4 Å². The van der Waals surface area contributed by atoms with Gasteiger partial charge in [-0.3, -0.25) is 0 Å². The summed E-state index contributed by atoms with van der Waals surface area (Å²) in [4.78, 5) is 11.3. The molecule has 0 radical (unpaired) electrons. The van der Waals surface area contributed by atoms with Crippen LogP contribution in [0, 0.1) is 5.92 Å². The molecule has 0 aromatic heterocycles. The maximum absolute atomic E-state index is 11.3. The Kier molecular flexibility index (Phi) is 7.92. The minimum absolute atomic E-state index is 0.299. The standard InChI is InChI=1S/C16H25NO3/c1-13(2)12-20-10-4-9-17-11-14-5-7-15(8-6-14)16(18)19-3/h5-8,13,17H,4,9-12H2,1-3H3. The van der Waals surface area contributed by atoms with Crippen LogP contribution in [0.1, 0.15) is 36.2 Å². The fraction of sp³-hybridized carbons (Fsp3) is 0.562. The SMILES string of the molecule is COC(=O)c1ccc(CNCCCOCC(C)C)cc1. The fourth-order valence-corrected chi connectivity index (χ4v) is 1.73. The first-order chi connectivity index (χ1) is 9.63. The smallest absolute Gasteiger partial charge is 0.337 e. The van der Waals surface area contributed by atoms with Crippen molar-refractivity contribution in [2.24, 2.45) is 5.92 Å². The molecule has 4 heteroatoms. The average Bonchev–Trinajstić information content (AvgIpc) is 2.45. The minimum Gasteiger partial charge on any atom is -0.465 e. The van der Waals surface area contributed by atoms with E-state index in [1.54, 1.807) is 12.1 Å². The highest BCUT2D eigenvalue weighted by molar-refractivity contribution is 5.89. The largest absolute Gasteiger partial charge is 0.465 e. The third-order valence-electron chi connectivity index (χ3n) is 2.80. The van der Waals surface area contributed by atoms with Gasteiger partial charge in [0.1, 0.15) is 0 Å². The monoisotopic (exact) mass is 279 g/mol. The van der Waals surface area contributed by atoms with Crippen LogP contribution in [-0.4, -0.2) is 32.8 Å². The fourth-order valence-electron chi connectivity index (χ4n) is 1.73. The first-order valence-corrected chi connectivity index (χ1v) is 7.09. The Hall–Kier alpha value is -1.39. The van der Waals surface area contributed by atoms with Gasteiger partial charge < -0.3 is 14.8 Å². The molecule has 1 N–H and O–H groups in total. The van der Waals surface area contributed by atoms with Gasteiger partial charge in [0.15, 0.2) is 0 Å². The molecule has 1 rings (SSSR count). The van der Waals surface area contributed by atoms with E-state index in [0.29, 0.717) is 11.5 Å². The predicted octanol–water partition coefficient (Wildman–Crippen LogP) is 2.63. The van der Waals surface area contributed by atoms with Gasteiger partial charge in [0.05, 0.1) is 12.7 Å². The number of carbonyl (C=O) groups excluding carboxylic acids is 1. The van der Waals surface area contributed by atoms with Gasteiger partial charge in [-0.05, 0) is 36.6 Å². The van der Waals surface area contributed by atoms with E-state index in [-0.39, 0.29) is 5.97 Å². The molecule has 0 saturated heterocycles. The van der Waals surface area contributed by atoms with Crippen molar-refractivity contribution in [3.63, 3.8) is 0 Å². The molecule has 1 aromatic carbocycles. The first-order valence-electron chi connectivity index (χ1n) is 7.09. The number of rotatable bonds is 9. The van der Waals surface area contributed by atoms with E-state index in [0.717, 1.165) is 38.3 Å². The Balaban J connectivity index is 2.14. The molecule has 0 unspecified atom stereocenters. The molecular formula is C16H25NO3. The van der Waals surface area contributed by atoms with E-state index in [4.69, 9.17) is 4.74 Å². The molecule has 0 amide bonds. The maximum Gasteiger partial charge on any atom is 0.337 e. The van der Waals surface area contributed by atoms with E-state index in [1.807, 2.05) is 12.1 Å². The summed E-state index contributed by atoms with van der Waals surface area (Å²) in [5.74, 6) is 0.295. The molecule has 4 nitrogen and oxygen atoms in total. The third-order valence-corrected chi connectivity index (χ3v) is 2.80. The second kappa shape index (κ2) is 9.50. The summed E-state index contributed by atoms with van der Waals surface area (Å²) in [6, 6.07) is 7.45. The molecular weight excluding hydrogens is 254 g/mol. The van der Waals surface area contributed by atoms with E-state index in [1.165, 1.54) is 7.11 Å². The van der Waals surface area contributed by atoms with Crippen molar-refractivity contribution in [3.8, 4) is 0 Å². The molecule has 112 valence electrons. The lowest BCUT2D eigenvalue weighted by atomic mass is 10.1. The Morgan fingerprint density at radius 2 is 1.95 bits per heavy atom. The molecule has 0 saturated carbocycles. The third kappa shape index (κ3) is 6.68. The van der Waals surface area contributed by atoms with Gasteiger partial charge in [-0.2, -0.15) is 0 Å². The van der Waals surface area contributed by atoms with Gasteiger partial charge in [-0.1, -0.05) is 26.0 Å². The van der Waals surface area contributed by atoms with Crippen LogP contribution in [0.15, 0.2) is 24.3 Å². The highest BCUT2D eigenvalue weighted by Crippen LogP contribution is 2.05. The Bertz CT molecular complexity index is 387. The van der Waals surface area contributed by atoms with Gasteiger partial charge in [-0.15, -0.1) is 0 Å². The normalized spacial score (nSPS) is 10.8. The number of esters is 1. The molecule has 0 bridgehead atoms. The molecule has 0 fully saturated rings. The molecule has 0 spiro atoms. The van der Waals surface area contributed by atoms with Crippen LogP contribution in [0.5, 0.6) is 0 Å². The van der Waals surface area contributed by atoms with Crippen molar-refractivity contribution in [2.45, 2.75) is 26.8 Å². The lowest BCUT2D eigenvalue weighted by Crippen LogP contribution is -2.17. The number of carbonyl (C=O) groups is 1. The molecule has 0 aliphatic rings. The zero-order chi connectivity index (χ0) is 14.8. The molecule has 1 aromatic rings. The van der Waals surface area contributed by atoms with E-state index in [2.05, 4.69) is 23.9 Å². The van der Waals surface area contributed by atoms with Crippen LogP contribution in [-0.2, 0) is 16.0 Å². The molecule has 0 heterocycles. The summed E-state index contributed by atoms with van der Waals surface area (Å²) in [6.07, 6.45) is 1.01. The van der Waals surface area contributed by atoms with E-state index >= 15 is 0 Å². The zero-order valence-corrected chi connectivity index (χ0v) is 12.6. The number of benzene rings is 1. The van der Waals surface area contributed by atoms with Gasteiger partial charge in [-0.25, -0.2) is 4.79 Å². The van der Waals surface area contributed by atoms with Crippen molar-refractivity contribution >= 4 is 5.97 Å². The van der Waals surface area contributed by atoms with Crippen molar-refractivity contribution in [2.75, 3.05) is 26.9 Å². The van der Waals surface area contributed by atoms with Crippen LogP contribution in [0.3, 0.4) is 0 Å². The van der Waals surface area contributed by atoms with Crippen LogP contribution >= 0.6 is 0 Å². The maximum atomic E-state index is 11.3. The molecule has 0 atom stereocenters. The average molecular weight is 279 g/mol. The highest BCUT2D eigenvalue weighted by Gasteiger charge is 2.03. The Labute approximate surface area is 121 Å². The van der Waals surface area contributed by atoms with Crippen LogP contribution in [0.2, 0.25) is 0 Å². The molecule has 0 aliphatic heterocycles. The number of hydrogen-bond donors (Lipinski definition) is 1. The second-order valence-corrected chi connectivity index (χ2v) is 5.19. The second-order valence-electron chi connectivity index (χ2n) is 5.19. The van der Waals surface area contributed by atoms with E-state index in [9.17, 15) is 4.79 Å². The summed E-state index contributed by atoms with van der Waals surface area (Å²) in [5.41, 5.74) is 1.74. The summed E-state index contributed by atoms with van der Waals surface area (Å²) >= 11 is 0. The summed E-state index contributed by atoms with van der Waals surface area (Å²) < 4.78 is 10.2. The minimum atomic E-state index is -0.299. The topological polar surface area (TPSA) is 47.6 Å². The van der Waals surface area contributed by atoms with Crippen LogP contribution in [0.25, 0.3) is 0 Å². The Morgan fingerprint density at radius 1 is 1.25 bits per heavy atom. The number of nitrogens with one attached hydrogen (secondary N) is 1. The van der Waals surface area contributed by atoms with Crippen molar-refractivity contribution in [1.82, 2.24) is 5.32 Å². The summed E-state index contributed by atoms with van der Waals surface area (Å²) in [5, 5.41) is 3.36. The van der Waals surface area contributed by atoms with Gasteiger partial charge in [0.25, 0.3) is 0 Å². The van der Waals surface area contributed by atoms with Gasteiger partial charge >= 0.3 is 5.97 Å². The molecule has 0 aliphatic carbocycles. The van der Waals surface area contributed by atoms with E-state index < -0.39 is 0 Å². The Morgan fingerprint density at radius 3 is 2.55 bits per heavy atom. The zero-order valence-electron chi connectivity index (χ0n) is 12.6. The highest BCUT2D eigenvalue weighted by atomic mass is 16.5. The number of methoxy groups -OCH3 is 1. The summed E-state index contributed by atoms with van der Waals surface area (Å²) in [7, 11) is 1.39. The molecule has 20 heavy (non-hydrogen) atoms. The summed E-state index contributed by atoms with van der Waals surface area (Å²) in [6.45, 7) is 7.65. The lowest BCUT2D eigenvalue weighted by molar-refractivity contribution is 0.0600. The van der Waals surface area contributed by atoms with Crippen LogP contribution in [0.4, 0.5) is 0 Å². The quantitative estimate of drug-likeness (QED) is 0.557. The van der Waals surface area contributed by atoms with Crippen molar-refractivity contribution < 1.29 is 14.3 Å².